The smallest absolute Gasteiger partial charge is 0.250 e. The summed E-state index contributed by atoms with van der Waals surface area (Å²) in [5.41, 5.74) is 11.6. The predicted molar refractivity (Wildman–Crippen MR) is 61.2 cm³/mol. The fourth-order valence-corrected chi connectivity index (χ4v) is 1.47. The van der Waals surface area contributed by atoms with E-state index in [1.165, 1.54) is 12.3 Å². The molecule has 4 N–H and O–H groups in total. The van der Waals surface area contributed by atoms with Crippen LogP contribution in [0.25, 0.3) is 5.82 Å². The summed E-state index contributed by atoms with van der Waals surface area (Å²) in [6.07, 6.45) is 3.01. The Morgan fingerprint density at radius 3 is 2.94 bits per heavy atom. The first-order valence-electron chi connectivity index (χ1n) is 4.76. The first-order chi connectivity index (χ1) is 8.13. The highest BCUT2D eigenvalue weighted by Gasteiger charge is 2.10. The number of rotatable bonds is 2. The quantitative estimate of drug-likeness (QED) is 0.774. The van der Waals surface area contributed by atoms with Crippen LogP contribution in [0.3, 0.4) is 0 Å². The molecule has 0 aliphatic carbocycles. The molecule has 84 valence electrons. The Morgan fingerprint density at radius 1 is 1.53 bits per heavy atom. The van der Waals surface area contributed by atoms with Crippen LogP contribution < -0.4 is 11.5 Å². The van der Waals surface area contributed by atoms with Crippen LogP contribution in [0.5, 0.6) is 0 Å². The molecule has 2 rings (SSSR count). The number of nitriles is 1. The van der Waals surface area contributed by atoms with Crippen LogP contribution >= 0.6 is 0 Å². The van der Waals surface area contributed by atoms with E-state index in [1.807, 2.05) is 6.07 Å². The molecular weight excluding hydrogens is 218 g/mol. The second-order valence-electron chi connectivity index (χ2n) is 3.37. The summed E-state index contributed by atoms with van der Waals surface area (Å²) in [7, 11) is 0. The number of aromatic nitrogens is 2. The molecule has 0 bridgehead atoms. The number of pyridine rings is 1. The first kappa shape index (κ1) is 10.7. The van der Waals surface area contributed by atoms with Crippen molar-refractivity contribution in [1.29, 1.82) is 5.26 Å². The molecule has 2 aromatic rings. The number of primary amides is 1. The molecule has 6 nitrogen and oxygen atoms in total. The molecule has 2 heterocycles. The molecule has 0 saturated heterocycles. The summed E-state index contributed by atoms with van der Waals surface area (Å²) in [4.78, 5) is 15.2. The molecular formula is C11H9N5O. The van der Waals surface area contributed by atoms with Gasteiger partial charge in [0, 0.05) is 6.20 Å². The van der Waals surface area contributed by atoms with Gasteiger partial charge >= 0.3 is 0 Å². The Balaban J connectivity index is 2.59. The lowest BCUT2D eigenvalue weighted by Crippen LogP contribution is -2.15. The van der Waals surface area contributed by atoms with Crippen LogP contribution in [-0.2, 0) is 0 Å². The zero-order chi connectivity index (χ0) is 12.4. The third kappa shape index (κ3) is 1.81. The van der Waals surface area contributed by atoms with Gasteiger partial charge in [0.15, 0.2) is 0 Å². The van der Waals surface area contributed by atoms with Crippen LogP contribution in [0, 0.1) is 11.3 Å². The number of amides is 1. The van der Waals surface area contributed by atoms with E-state index < -0.39 is 5.91 Å². The van der Waals surface area contributed by atoms with Crippen molar-refractivity contribution < 1.29 is 4.79 Å². The Bertz CT molecular complexity index is 623. The molecule has 1 amide bonds. The van der Waals surface area contributed by atoms with E-state index in [4.69, 9.17) is 16.7 Å². The number of hydrogen-bond donors (Lipinski definition) is 2. The standard InChI is InChI=1S/C11H9N5O/c12-5-7-2-1-3-16(7)10-4-8(11(14)17)9(13)6-15-10/h1-4,6H,13H2,(H2,14,17). The number of nitrogens with zero attached hydrogens (tertiary/aromatic N) is 3. The van der Waals surface area contributed by atoms with Crippen molar-refractivity contribution in [3.8, 4) is 11.9 Å². The van der Waals surface area contributed by atoms with Crippen LogP contribution in [0.2, 0.25) is 0 Å². The van der Waals surface area contributed by atoms with E-state index in [-0.39, 0.29) is 11.3 Å². The number of carbonyl (C=O) groups excluding carboxylic acids is 1. The highest BCUT2D eigenvalue weighted by atomic mass is 16.1. The molecule has 0 unspecified atom stereocenters. The maximum atomic E-state index is 11.1. The second-order valence-corrected chi connectivity index (χ2v) is 3.37. The average molecular weight is 227 g/mol. The highest BCUT2D eigenvalue weighted by molar-refractivity contribution is 5.98. The monoisotopic (exact) mass is 227 g/mol. The number of hydrogen-bond acceptors (Lipinski definition) is 4. The van der Waals surface area contributed by atoms with Crippen LogP contribution in [0.4, 0.5) is 5.69 Å². The van der Waals surface area contributed by atoms with E-state index >= 15 is 0 Å². The lowest BCUT2D eigenvalue weighted by atomic mass is 10.2. The van der Waals surface area contributed by atoms with Gasteiger partial charge in [-0.05, 0) is 18.2 Å². The summed E-state index contributed by atoms with van der Waals surface area (Å²) in [5.74, 6) is -0.202. The van der Waals surface area contributed by atoms with E-state index in [2.05, 4.69) is 4.98 Å². The van der Waals surface area contributed by atoms with Gasteiger partial charge in [-0.2, -0.15) is 5.26 Å². The lowest BCUT2D eigenvalue weighted by Gasteiger charge is -2.06. The fourth-order valence-electron chi connectivity index (χ4n) is 1.47. The second kappa shape index (κ2) is 3.98. The van der Waals surface area contributed by atoms with Gasteiger partial charge in [0.05, 0.1) is 17.4 Å². The molecule has 0 spiro atoms. The third-order valence-corrected chi connectivity index (χ3v) is 2.30. The van der Waals surface area contributed by atoms with Crippen molar-refractivity contribution in [3.05, 3.63) is 41.9 Å². The van der Waals surface area contributed by atoms with Gasteiger partial charge in [0.2, 0.25) is 0 Å². The SMILES string of the molecule is N#Cc1cccn1-c1cc(C(N)=O)c(N)cn1. The van der Waals surface area contributed by atoms with Crippen LogP contribution in [0.15, 0.2) is 30.6 Å². The zero-order valence-electron chi connectivity index (χ0n) is 8.79. The zero-order valence-corrected chi connectivity index (χ0v) is 8.79. The largest absolute Gasteiger partial charge is 0.397 e. The van der Waals surface area contributed by atoms with Crippen molar-refractivity contribution >= 4 is 11.6 Å². The summed E-state index contributed by atoms with van der Waals surface area (Å²) >= 11 is 0. The maximum absolute atomic E-state index is 11.1. The lowest BCUT2D eigenvalue weighted by molar-refractivity contribution is 0.100. The van der Waals surface area contributed by atoms with Crippen LogP contribution in [-0.4, -0.2) is 15.5 Å². The molecule has 6 heteroatoms. The van der Waals surface area contributed by atoms with Crippen molar-refractivity contribution in [1.82, 2.24) is 9.55 Å². The molecule has 0 radical (unpaired) electrons. The molecule has 0 saturated carbocycles. The van der Waals surface area contributed by atoms with Gasteiger partial charge in [-0.25, -0.2) is 4.98 Å². The summed E-state index contributed by atoms with van der Waals surface area (Å²) in [6.45, 7) is 0. The minimum atomic E-state index is -0.628. The number of carbonyl (C=O) groups is 1. The summed E-state index contributed by atoms with van der Waals surface area (Å²) in [5, 5.41) is 8.89. The van der Waals surface area contributed by atoms with Gasteiger partial charge in [-0.3, -0.25) is 9.36 Å². The highest BCUT2D eigenvalue weighted by Crippen LogP contribution is 2.15. The fraction of sp³-hybridized carbons (Fsp3) is 0. The Hall–Kier alpha value is -2.81. The molecule has 0 aromatic carbocycles. The number of anilines is 1. The Morgan fingerprint density at radius 2 is 2.29 bits per heavy atom. The van der Waals surface area contributed by atoms with Crippen LogP contribution in [0.1, 0.15) is 16.1 Å². The average Bonchev–Trinajstić information content (AvgIpc) is 2.77. The van der Waals surface area contributed by atoms with Crippen molar-refractivity contribution in [3.63, 3.8) is 0 Å². The molecule has 0 fully saturated rings. The number of nitrogen functional groups attached to an aromatic ring is 1. The van der Waals surface area contributed by atoms with E-state index in [0.717, 1.165) is 0 Å². The third-order valence-electron chi connectivity index (χ3n) is 2.30. The molecule has 17 heavy (non-hydrogen) atoms. The van der Waals surface area contributed by atoms with Crippen molar-refractivity contribution in [2.45, 2.75) is 0 Å². The van der Waals surface area contributed by atoms with Crippen molar-refractivity contribution in [2.75, 3.05) is 5.73 Å². The molecule has 0 aliphatic heterocycles. The Labute approximate surface area is 97.1 Å². The van der Waals surface area contributed by atoms with E-state index in [0.29, 0.717) is 11.5 Å². The van der Waals surface area contributed by atoms with Crippen molar-refractivity contribution in [2.24, 2.45) is 5.73 Å². The van der Waals surface area contributed by atoms with Gasteiger partial charge in [0.25, 0.3) is 5.91 Å². The normalized spacial score (nSPS) is 9.82. The van der Waals surface area contributed by atoms with Gasteiger partial charge in [0.1, 0.15) is 17.6 Å². The van der Waals surface area contributed by atoms with Gasteiger partial charge in [-0.1, -0.05) is 0 Å². The van der Waals surface area contributed by atoms with Gasteiger partial charge < -0.3 is 11.5 Å². The number of nitrogens with two attached hydrogens (primary N) is 2. The summed E-state index contributed by atoms with van der Waals surface area (Å²) < 4.78 is 1.55. The summed E-state index contributed by atoms with van der Waals surface area (Å²) in [6, 6.07) is 6.82. The minimum absolute atomic E-state index is 0.188. The molecule has 2 aromatic heterocycles. The van der Waals surface area contributed by atoms with Gasteiger partial charge in [-0.15, -0.1) is 0 Å². The molecule has 0 aliphatic rings. The van der Waals surface area contributed by atoms with E-state index in [9.17, 15) is 4.79 Å². The molecule has 0 atom stereocenters. The minimum Gasteiger partial charge on any atom is -0.397 e. The maximum Gasteiger partial charge on any atom is 0.250 e. The first-order valence-corrected chi connectivity index (χ1v) is 4.76. The Kier molecular flexibility index (Phi) is 2.51. The predicted octanol–water partition coefficient (Wildman–Crippen LogP) is 0.425. The van der Waals surface area contributed by atoms with E-state index in [1.54, 1.807) is 22.9 Å². The topological polar surface area (TPSA) is 111 Å².